The van der Waals surface area contributed by atoms with Crippen molar-refractivity contribution in [3.63, 3.8) is 0 Å². The van der Waals surface area contributed by atoms with E-state index in [-0.39, 0.29) is 12.2 Å². The normalized spacial score (nSPS) is 29.9. The molecule has 1 aromatic rings. The Hall–Kier alpha value is -2.17. The van der Waals surface area contributed by atoms with Crippen LogP contribution < -0.4 is 0 Å². The molecule has 1 aromatic carbocycles. The van der Waals surface area contributed by atoms with Crippen LogP contribution in [-0.4, -0.2) is 27.9 Å². The molecule has 5 heteroatoms. The number of carbonyl (C=O) groups is 3. The number of hydrogen-bond donors (Lipinski definition) is 2. The second-order valence-corrected chi connectivity index (χ2v) is 5.20. The maximum absolute atomic E-state index is 12.0. The molecule has 0 heterocycles. The number of ketones is 1. The van der Waals surface area contributed by atoms with Crippen LogP contribution in [0.15, 0.2) is 30.3 Å². The summed E-state index contributed by atoms with van der Waals surface area (Å²) in [6, 6.07) is 8.80. The van der Waals surface area contributed by atoms with E-state index in [0.717, 1.165) is 0 Å². The van der Waals surface area contributed by atoms with Gasteiger partial charge in [0.2, 0.25) is 0 Å². The molecule has 1 aliphatic carbocycles. The van der Waals surface area contributed by atoms with Crippen LogP contribution in [0.5, 0.6) is 0 Å². The van der Waals surface area contributed by atoms with Crippen LogP contribution in [0, 0.1) is 17.8 Å². The molecule has 20 heavy (non-hydrogen) atoms. The second-order valence-electron chi connectivity index (χ2n) is 5.20. The summed E-state index contributed by atoms with van der Waals surface area (Å²) in [6.07, 6.45) is -0.212. The Labute approximate surface area is 116 Å². The molecule has 0 amide bonds. The third-order valence-electron chi connectivity index (χ3n) is 4.07. The quantitative estimate of drug-likeness (QED) is 0.878. The summed E-state index contributed by atoms with van der Waals surface area (Å²) in [5.41, 5.74) is 0.701. The number of Topliss-reactive ketones (excluding diaryl/α,β-unsaturated/α-hetero) is 1. The molecule has 106 valence electrons. The average molecular weight is 276 g/mol. The maximum Gasteiger partial charge on any atom is 0.308 e. The summed E-state index contributed by atoms with van der Waals surface area (Å²) in [5.74, 6) is -5.91. The van der Waals surface area contributed by atoms with E-state index in [1.807, 2.05) is 0 Å². The molecule has 4 atom stereocenters. The number of carboxylic acid groups (broad SMARTS) is 2. The Morgan fingerprint density at radius 2 is 1.70 bits per heavy atom. The lowest BCUT2D eigenvalue weighted by Crippen LogP contribution is -2.44. The Morgan fingerprint density at radius 3 is 2.20 bits per heavy atom. The van der Waals surface area contributed by atoms with Crippen molar-refractivity contribution in [2.75, 3.05) is 0 Å². The van der Waals surface area contributed by atoms with Crippen molar-refractivity contribution >= 4 is 17.7 Å². The summed E-state index contributed by atoms with van der Waals surface area (Å²) < 4.78 is 0. The summed E-state index contributed by atoms with van der Waals surface area (Å²) in [6.45, 7) is 1.67. The molecule has 1 aliphatic rings. The van der Waals surface area contributed by atoms with Gasteiger partial charge in [-0.05, 0) is 5.56 Å². The monoisotopic (exact) mass is 276 g/mol. The zero-order valence-electron chi connectivity index (χ0n) is 11.0. The minimum Gasteiger partial charge on any atom is -0.481 e. The fraction of sp³-hybridized carbons (Fsp3) is 0.400. The molecule has 5 nitrogen and oxygen atoms in total. The Morgan fingerprint density at radius 1 is 1.10 bits per heavy atom. The number of carboxylic acids is 2. The molecule has 0 bridgehead atoms. The predicted octanol–water partition coefficient (Wildman–Crippen LogP) is 1.78. The summed E-state index contributed by atoms with van der Waals surface area (Å²) in [4.78, 5) is 34.8. The molecule has 0 saturated heterocycles. The first-order chi connectivity index (χ1) is 9.43. The van der Waals surface area contributed by atoms with Crippen molar-refractivity contribution in [3.8, 4) is 0 Å². The molecule has 2 rings (SSSR count). The van der Waals surface area contributed by atoms with E-state index in [4.69, 9.17) is 0 Å². The second kappa shape index (κ2) is 5.45. The van der Waals surface area contributed by atoms with Gasteiger partial charge in [-0.15, -0.1) is 0 Å². The lowest BCUT2D eigenvalue weighted by Gasteiger charge is -2.37. The molecule has 1 saturated carbocycles. The van der Waals surface area contributed by atoms with Gasteiger partial charge in [0.25, 0.3) is 0 Å². The van der Waals surface area contributed by atoms with Gasteiger partial charge in [0.15, 0.2) is 0 Å². The van der Waals surface area contributed by atoms with Crippen LogP contribution in [0.1, 0.15) is 24.8 Å². The summed E-state index contributed by atoms with van der Waals surface area (Å²) in [7, 11) is 0. The minimum atomic E-state index is -1.22. The summed E-state index contributed by atoms with van der Waals surface area (Å²) in [5, 5.41) is 18.6. The van der Waals surface area contributed by atoms with Gasteiger partial charge < -0.3 is 10.2 Å². The molecule has 0 radical (unpaired) electrons. The third-order valence-corrected chi connectivity index (χ3v) is 4.07. The first-order valence-corrected chi connectivity index (χ1v) is 6.46. The fourth-order valence-electron chi connectivity index (χ4n) is 3.03. The van der Waals surface area contributed by atoms with Gasteiger partial charge >= 0.3 is 11.9 Å². The third kappa shape index (κ3) is 2.43. The number of carbonyl (C=O) groups excluding carboxylic acids is 1. The van der Waals surface area contributed by atoms with E-state index in [0.29, 0.717) is 5.56 Å². The molecule has 0 aromatic heterocycles. The fourth-order valence-corrected chi connectivity index (χ4v) is 3.03. The van der Waals surface area contributed by atoms with Crippen molar-refractivity contribution in [3.05, 3.63) is 35.9 Å². The molecule has 1 fully saturated rings. The van der Waals surface area contributed by atoms with Gasteiger partial charge in [-0.2, -0.15) is 0 Å². The van der Waals surface area contributed by atoms with Gasteiger partial charge in [-0.25, -0.2) is 0 Å². The largest absolute Gasteiger partial charge is 0.481 e. The molecule has 2 N–H and O–H groups in total. The molecule has 0 spiro atoms. The van der Waals surface area contributed by atoms with Crippen molar-refractivity contribution in [2.24, 2.45) is 17.8 Å². The van der Waals surface area contributed by atoms with E-state index in [1.165, 1.54) is 0 Å². The van der Waals surface area contributed by atoms with Crippen LogP contribution in [0.4, 0.5) is 0 Å². The van der Waals surface area contributed by atoms with E-state index in [2.05, 4.69) is 0 Å². The zero-order valence-corrected chi connectivity index (χ0v) is 11.0. The predicted molar refractivity (Wildman–Crippen MR) is 70.2 cm³/mol. The van der Waals surface area contributed by atoms with E-state index in [9.17, 15) is 24.6 Å². The van der Waals surface area contributed by atoms with Gasteiger partial charge in [-0.1, -0.05) is 37.3 Å². The van der Waals surface area contributed by atoms with Crippen LogP contribution in [0.2, 0.25) is 0 Å². The highest BCUT2D eigenvalue weighted by Crippen LogP contribution is 2.43. The number of benzene rings is 1. The standard InChI is InChI=1S/C15H16O5/c1-8-11(16)7-10(14(17)18)13(15(19)20)12(8)9-5-3-2-4-6-9/h2-6,8,10,12-13H,7H2,1H3,(H,17,18)(H,19,20)/t8-,10-,12-,13-/m1/s1. The Bertz CT molecular complexity index is 536. The minimum absolute atomic E-state index is 0.191. The molecule has 0 unspecified atom stereocenters. The lowest BCUT2D eigenvalue weighted by atomic mass is 9.64. The van der Waals surface area contributed by atoms with Crippen molar-refractivity contribution in [1.82, 2.24) is 0 Å². The van der Waals surface area contributed by atoms with Crippen LogP contribution in [0.25, 0.3) is 0 Å². The SMILES string of the molecule is C[C@@H]1C(=O)C[C@@H](C(=O)O)[C@@H](C(=O)O)[C@H]1c1ccccc1. The highest BCUT2D eigenvalue weighted by Gasteiger charge is 2.49. The smallest absolute Gasteiger partial charge is 0.308 e. The molecule has 0 aliphatic heterocycles. The Kier molecular flexibility index (Phi) is 3.88. The van der Waals surface area contributed by atoms with E-state index >= 15 is 0 Å². The first kappa shape index (κ1) is 14.2. The number of hydrogen-bond acceptors (Lipinski definition) is 3. The topological polar surface area (TPSA) is 91.7 Å². The Balaban J connectivity index is 2.50. The van der Waals surface area contributed by atoms with Gasteiger partial charge in [0, 0.05) is 18.3 Å². The highest BCUT2D eigenvalue weighted by atomic mass is 16.4. The van der Waals surface area contributed by atoms with Gasteiger partial charge in [-0.3, -0.25) is 14.4 Å². The maximum atomic E-state index is 12.0. The summed E-state index contributed by atoms with van der Waals surface area (Å²) >= 11 is 0. The zero-order chi connectivity index (χ0) is 14.9. The number of rotatable bonds is 3. The molecular formula is C15H16O5. The average Bonchev–Trinajstić information content (AvgIpc) is 2.41. The van der Waals surface area contributed by atoms with Gasteiger partial charge in [0.05, 0.1) is 11.8 Å². The highest BCUT2D eigenvalue weighted by molar-refractivity contribution is 5.92. The molecular weight excluding hydrogens is 260 g/mol. The van der Waals surface area contributed by atoms with E-state index < -0.39 is 35.6 Å². The van der Waals surface area contributed by atoms with Crippen LogP contribution >= 0.6 is 0 Å². The number of aliphatic carboxylic acids is 2. The van der Waals surface area contributed by atoms with Crippen LogP contribution in [0.3, 0.4) is 0 Å². The van der Waals surface area contributed by atoms with Crippen molar-refractivity contribution in [1.29, 1.82) is 0 Å². The van der Waals surface area contributed by atoms with Gasteiger partial charge in [0.1, 0.15) is 5.78 Å². The first-order valence-electron chi connectivity index (χ1n) is 6.46. The van der Waals surface area contributed by atoms with Crippen LogP contribution in [-0.2, 0) is 14.4 Å². The van der Waals surface area contributed by atoms with Crippen molar-refractivity contribution in [2.45, 2.75) is 19.3 Å². The lowest BCUT2D eigenvalue weighted by molar-refractivity contribution is -0.160. The van der Waals surface area contributed by atoms with E-state index in [1.54, 1.807) is 37.3 Å². The van der Waals surface area contributed by atoms with Crippen molar-refractivity contribution < 1.29 is 24.6 Å².